The number of nitrogens with one attached hydrogen (secondary N) is 1. The van der Waals surface area contributed by atoms with Crippen molar-refractivity contribution >= 4 is 15.7 Å². The summed E-state index contributed by atoms with van der Waals surface area (Å²) in [5, 5.41) is 7.90. The van der Waals surface area contributed by atoms with Gasteiger partial charge in [0.25, 0.3) is 0 Å². The summed E-state index contributed by atoms with van der Waals surface area (Å²) in [7, 11) is -4.09. The van der Waals surface area contributed by atoms with Gasteiger partial charge < -0.3 is 5.32 Å². The zero-order chi connectivity index (χ0) is 15.6. The van der Waals surface area contributed by atoms with Crippen LogP contribution in [0.2, 0.25) is 0 Å². The van der Waals surface area contributed by atoms with Gasteiger partial charge in [-0.1, -0.05) is 18.2 Å². The third kappa shape index (κ3) is 3.56. The van der Waals surface area contributed by atoms with Gasteiger partial charge in [0.2, 0.25) is 10.0 Å². The minimum Gasteiger partial charge on any atom is -0.377 e. The molecular weight excluding hydrogens is 298 g/mol. The molecule has 0 spiro atoms. The quantitative estimate of drug-likeness (QED) is 0.912. The van der Waals surface area contributed by atoms with Crippen molar-refractivity contribution in [2.75, 3.05) is 5.32 Å². The van der Waals surface area contributed by atoms with Crippen molar-refractivity contribution in [1.29, 1.82) is 0 Å². The molecule has 21 heavy (non-hydrogen) atoms. The molecule has 0 heterocycles. The van der Waals surface area contributed by atoms with Crippen molar-refractivity contribution in [3.8, 4) is 0 Å². The van der Waals surface area contributed by atoms with Gasteiger partial charge in [-0.2, -0.15) is 0 Å². The Morgan fingerprint density at radius 3 is 2.43 bits per heavy atom. The van der Waals surface area contributed by atoms with Crippen molar-refractivity contribution in [3.63, 3.8) is 0 Å². The number of rotatable bonds is 4. The third-order valence-corrected chi connectivity index (χ3v) is 3.94. The van der Waals surface area contributed by atoms with Crippen molar-refractivity contribution in [2.24, 2.45) is 5.14 Å². The molecule has 0 aliphatic carbocycles. The van der Waals surface area contributed by atoms with Crippen LogP contribution >= 0.6 is 0 Å². The summed E-state index contributed by atoms with van der Waals surface area (Å²) in [6.45, 7) is 1.66. The molecule has 0 aliphatic rings. The molecule has 0 radical (unpaired) electrons. The molecule has 0 aliphatic heterocycles. The third-order valence-electron chi connectivity index (χ3n) is 2.99. The molecule has 0 saturated heterocycles. The van der Waals surface area contributed by atoms with Crippen LogP contribution in [-0.2, 0) is 10.0 Å². The number of anilines is 1. The largest absolute Gasteiger partial charge is 0.377 e. The van der Waals surface area contributed by atoms with Crippen LogP contribution < -0.4 is 10.5 Å². The van der Waals surface area contributed by atoms with E-state index in [1.165, 1.54) is 12.1 Å². The summed E-state index contributed by atoms with van der Waals surface area (Å²) < 4.78 is 49.9. The van der Waals surface area contributed by atoms with E-state index in [0.717, 1.165) is 12.1 Å². The number of hydrogen-bond donors (Lipinski definition) is 2. The van der Waals surface area contributed by atoms with E-state index in [1.54, 1.807) is 25.1 Å². The maximum absolute atomic E-state index is 13.7. The second-order valence-electron chi connectivity index (χ2n) is 4.57. The van der Waals surface area contributed by atoms with E-state index in [2.05, 4.69) is 5.32 Å². The smallest absolute Gasteiger partial charge is 0.240 e. The highest BCUT2D eigenvalue weighted by molar-refractivity contribution is 7.89. The van der Waals surface area contributed by atoms with Crippen molar-refractivity contribution in [3.05, 3.63) is 59.7 Å². The van der Waals surface area contributed by atoms with Gasteiger partial charge in [0.1, 0.15) is 16.5 Å². The number of sulfonamides is 1. The van der Waals surface area contributed by atoms with Gasteiger partial charge in [-0.05, 0) is 31.2 Å². The van der Waals surface area contributed by atoms with Gasteiger partial charge in [0.05, 0.1) is 11.7 Å². The van der Waals surface area contributed by atoms with Gasteiger partial charge in [-0.15, -0.1) is 0 Å². The van der Waals surface area contributed by atoms with E-state index in [4.69, 9.17) is 5.14 Å². The summed E-state index contributed by atoms with van der Waals surface area (Å²) in [5.74, 6) is -1.14. The summed E-state index contributed by atoms with van der Waals surface area (Å²) in [6.07, 6.45) is 0. The first kappa shape index (κ1) is 15.4. The minimum atomic E-state index is -4.09. The van der Waals surface area contributed by atoms with Crippen LogP contribution in [0.25, 0.3) is 0 Å². The first-order chi connectivity index (χ1) is 9.79. The fourth-order valence-electron chi connectivity index (χ4n) is 1.99. The number of benzene rings is 2. The predicted molar refractivity (Wildman–Crippen MR) is 76.2 cm³/mol. The molecule has 0 fully saturated rings. The average molecular weight is 312 g/mol. The standard InChI is InChI=1S/C14H14F2N2O2S/c1-9(11-4-2-3-5-12(11)16)18-13-7-6-10(15)8-14(13)21(17,19)20/h2-9,18H,1H3,(H2,17,19,20). The molecule has 0 bridgehead atoms. The average Bonchev–Trinajstić information content (AvgIpc) is 2.40. The van der Waals surface area contributed by atoms with Crippen LogP contribution in [0.5, 0.6) is 0 Å². The molecule has 2 rings (SSSR count). The second-order valence-corrected chi connectivity index (χ2v) is 6.10. The fraction of sp³-hybridized carbons (Fsp3) is 0.143. The molecule has 1 atom stereocenters. The lowest BCUT2D eigenvalue weighted by Gasteiger charge is -2.18. The van der Waals surface area contributed by atoms with E-state index in [0.29, 0.717) is 5.56 Å². The first-order valence-corrected chi connectivity index (χ1v) is 7.67. The highest BCUT2D eigenvalue weighted by atomic mass is 32.2. The highest BCUT2D eigenvalue weighted by Crippen LogP contribution is 2.26. The Bertz CT molecular complexity index is 763. The molecular formula is C14H14F2N2O2S. The van der Waals surface area contributed by atoms with Crippen molar-refractivity contribution in [1.82, 2.24) is 0 Å². The molecule has 0 aromatic heterocycles. The Morgan fingerprint density at radius 2 is 1.81 bits per heavy atom. The summed E-state index contributed by atoms with van der Waals surface area (Å²) in [5.41, 5.74) is 0.483. The molecule has 7 heteroatoms. The topological polar surface area (TPSA) is 72.2 Å². The Labute approximate surface area is 121 Å². The van der Waals surface area contributed by atoms with Gasteiger partial charge >= 0.3 is 0 Å². The summed E-state index contributed by atoms with van der Waals surface area (Å²) >= 11 is 0. The van der Waals surface area contributed by atoms with Crippen LogP contribution in [0.1, 0.15) is 18.5 Å². The fourth-order valence-corrected chi connectivity index (χ4v) is 2.70. The van der Waals surface area contributed by atoms with E-state index in [1.807, 2.05) is 0 Å². The lowest BCUT2D eigenvalue weighted by molar-refractivity contribution is 0.591. The summed E-state index contributed by atoms with van der Waals surface area (Å²) in [6, 6.07) is 8.77. The maximum Gasteiger partial charge on any atom is 0.240 e. The number of hydrogen-bond acceptors (Lipinski definition) is 3. The monoisotopic (exact) mass is 312 g/mol. The lowest BCUT2D eigenvalue weighted by atomic mass is 10.1. The molecule has 2 aromatic carbocycles. The second kappa shape index (κ2) is 5.79. The van der Waals surface area contributed by atoms with Crippen LogP contribution in [-0.4, -0.2) is 8.42 Å². The number of nitrogens with two attached hydrogens (primary N) is 1. The maximum atomic E-state index is 13.7. The minimum absolute atomic E-state index is 0.120. The lowest BCUT2D eigenvalue weighted by Crippen LogP contribution is -2.17. The molecule has 0 amide bonds. The van der Waals surface area contributed by atoms with Crippen LogP contribution in [0.3, 0.4) is 0 Å². The van der Waals surface area contributed by atoms with Gasteiger partial charge in [-0.3, -0.25) is 0 Å². The van der Waals surface area contributed by atoms with E-state index in [9.17, 15) is 17.2 Å². The van der Waals surface area contributed by atoms with Gasteiger partial charge in [0, 0.05) is 5.56 Å². The first-order valence-electron chi connectivity index (χ1n) is 6.12. The van der Waals surface area contributed by atoms with E-state index in [-0.39, 0.29) is 10.6 Å². The van der Waals surface area contributed by atoms with Gasteiger partial charge in [0.15, 0.2) is 0 Å². The molecule has 0 saturated carbocycles. The molecule has 112 valence electrons. The highest BCUT2D eigenvalue weighted by Gasteiger charge is 2.18. The SMILES string of the molecule is CC(Nc1ccc(F)cc1S(N)(=O)=O)c1ccccc1F. The molecule has 1 unspecified atom stereocenters. The van der Waals surface area contributed by atoms with Crippen LogP contribution in [0.4, 0.5) is 14.5 Å². The zero-order valence-corrected chi connectivity index (χ0v) is 12.0. The van der Waals surface area contributed by atoms with Crippen molar-refractivity contribution < 1.29 is 17.2 Å². The number of primary sulfonamides is 1. The van der Waals surface area contributed by atoms with Crippen LogP contribution in [0.15, 0.2) is 47.4 Å². The molecule has 2 aromatic rings. The van der Waals surface area contributed by atoms with E-state index < -0.39 is 27.7 Å². The number of halogens is 2. The van der Waals surface area contributed by atoms with Gasteiger partial charge in [-0.25, -0.2) is 22.3 Å². The van der Waals surface area contributed by atoms with Crippen molar-refractivity contribution in [2.45, 2.75) is 17.9 Å². The Kier molecular flexibility index (Phi) is 4.24. The normalized spacial score (nSPS) is 13.0. The molecule has 3 N–H and O–H groups in total. The Morgan fingerprint density at radius 1 is 1.14 bits per heavy atom. The zero-order valence-electron chi connectivity index (χ0n) is 11.2. The molecule has 4 nitrogen and oxygen atoms in total. The van der Waals surface area contributed by atoms with E-state index >= 15 is 0 Å². The van der Waals surface area contributed by atoms with Crippen LogP contribution in [0, 0.1) is 11.6 Å². The Hall–Kier alpha value is -1.99. The Balaban J connectivity index is 2.39. The predicted octanol–water partition coefficient (Wildman–Crippen LogP) is 2.79. The summed E-state index contributed by atoms with van der Waals surface area (Å²) in [4.78, 5) is -0.370.